The Balaban J connectivity index is 1.63. The van der Waals surface area contributed by atoms with Crippen LogP contribution in [-0.2, 0) is 26.1 Å². The Kier molecular flexibility index (Phi) is 6.74. The molecule has 1 fully saturated rings. The van der Waals surface area contributed by atoms with Crippen molar-refractivity contribution in [2.75, 3.05) is 38.2 Å². The molecule has 1 aliphatic rings. The molecule has 2 heterocycles. The fraction of sp³-hybridized carbons (Fsp3) is 0.368. The summed E-state index contributed by atoms with van der Waals surface area (Å²) in [6.07, 6.45) is 3.47. The fourth-order valence-corrected chi connectivity index (χ4v) is 4.36. The van der Waals surface area contributed by atoms with Crippen molar-refractivity contribution in [3.05, 3.63) is 53.9 Å². The molecule has 150 valence electrons. The molecule has 0 saturated carbocycles. The van der Waals surface area contributed by atoms with E-state index in [1.807, 2.05) is 24.4 Å². The predicted molar refractivity (Wildman–Crippen MR) is 104 cm³/mol. The number of hydrogen-bond donors (Lipinski definition) is 2. The van der Waals surface area contributed by atoms with E-state index >= 15 is 0 Å². The number of aryl methyl sites for hydroxylation is 1. The number of sulfonamides is 1. The van der Waals surface area contributed by atoms with Crippen LogP contribution in [0.3, 0.4) is 0 Å². The van der Waals surface area contributed by atoms with Gasteiger partial charge in [0, 0.05) is 36.7 Å². The van der Waals surface area contributed by atoms with E-state index in [-0.39, 0.29) is 17.3 Å². The summed E-state index contributed by atoms with van der Waals surface area (Å²) in [7, 11) is -3.60. The van der Waals surface area contributed by atoms with Crippen molar-refractivity contribution in [1.82, 2.24) is 9.29 Å². The third-order valence-corrected chi connectivity index (χ3v) is 6.42. The van der Waals surface area contributed by atoms with Crippen molar-refractivity contribution in [2.24, 2.45) is 0 Å². The molecule has 2 aromatic rings. The van der Waals surface area contributed by atoms with Crippen LogP contribution < -0.4 is 10.6 Å². The van der Waals surface area contributed by atoms with Crippen LogP contribution in [0.2, 0.25) is 0 Å². The molecule has 1 aliphatic heterocycles. The second-order valence-electron chi connectivity index (χ2n) is 6.60. The van der Waals surface area contributed by atoms with Crippen LogP contribution in [0.4, 0.5) is 5.69 Å². The number of aromatic nitrogens is 1. The molecular formula is C19H25N4O4S+. The van der Waals surface area contributed by atoms with Crippen molar-refractivity contribution in [3.8, 4) is 0 Å². The zero-order chi connectivity index (χ0) is 20.0. The molecule has 0 spiro atoms. The highest BCUT2D eigenvalue weighted by Gasteiger charge is 2.26. The number of hydrogen-bond acceptors (Lipinski definition) is 5. The number of quaternary nitrogens is 1. The number of pyridine rings is 1. The van der Waals surface area contributed by atoms with Crippen LogP contribution in [0.5, 0.6) is 0 Å². The third-order valence-electron chi connectivity index (χ3n) is 4.52. The Morgan fingerprint density at radius 2 is 2.07 bits per heavy atom. The largest absolute Gasteiger partial charge is 0.379 e. The van der Waals surface area contributed by atoms with E-state index in [2.05, 4.69) is 10.3 Å². The van der Waals surface area contributed by atoms with E-state index in [0.29, 0.717) is 38.5 Å². The van der Waals surface area contributed by atoms with Gasteiger partial charge in [-0.25, -0.2) is 8.42 Å². The van der Waals surface area contributed by atoms with E-state index in [0.717, 1.165) is 11.1 Å². The first kappa shape index (κ1) is 20.4. The van der Waals surface area contributed by atoms with Crippen LogP contribution in [0.15, 0.2) is 47.6 Å². The first-order valence-corrected chi connectivity index (χ1v) is 10.6. The second kappa shape index (κ2) is 9.24. The number of nitrogens with zero attached hydrogens (tertiary/aromatic N) is 2. The summed E-state index contributed by atoms with van der Waals surface area (Å²) in [4.78, 5) is 16.5. The first-order valence-electron chi connectivity index (χ1n) is 9.16. The molecule has 0 aliphatic carbocycles. The summed E-state index contributed by atoms with van der Waals surface area (Å²) < 4.78 is 32.3. The SMILES string of the molecule is Cc1ccc(S(=O)(=O)N2CCOCC2)cc1NC(=O)C[NH2+]Cc1cccnc1. The van der Waals surface area contributed by atoms with Crippen molar-refractivity contribution in [2.45, 2.75) is 18.4 Å². The molecule has 0 bridgehead atoms. The minimum Gasteiger partial charge on any atom is -0.379 e. The van der Waals surface area contributed by atoms with Gasteiger partial charge in [0.2, 0.25) is 10.0 Å². The molecule has 1 amide bonds. The zero-order valence-corrected chi connectivity index (χ0v) is 16.6. The van der Waals surface area contributed by atoms with E-state index in [1.165, 1.54) is 10.4 Å². The molecular weight excluding hydrogens is 380 g/mol. The van der Waals surface area contributed by atoms with Gasteiger partial charge >= 0.3 is 0 Å². The quantitative estimate of drug-likeness (QED) is 0.680. The predicted octanol–water partition coefficient (Wildman–Crippen LogP) is 0.113. The summed E-state index contributed by atoms with van der Waals surface area (Å²) in [5.74, 6) is -0.187. The smallest absolute Gasteiger partial charge is 0.279 e. The van der Waals surface area contributed by atoms with Gasteiger partial charge in [-0.2, -0.15) is 4.31 Å². The molecule has 3 rings (SSSR count). The Labute approximate surface area is 165 Å². The molecule has 1 aromatic carbocycles. The third kappa shape index (κ3) is 5.14. The maximum atomic E-state index is 12.8. The molecule has 8 nitrogen and oxygen atoms in total. The van der Waals surface area contributed by atoms with Crippen LogP contribution in [0.25, 0.3) is 0 Å². The maximum absolute atomic E-state index is 12.8. The van der Waals surface area contributed by atoms with Gasteiger partial charge in [0.05, 0.1) is 18.1 Å². The molecule has 28 heavy (non-hydrogen) atoms. The number of carbonyl (C=O) groups excluding carboxylic acids is 1. The van der Waals surface area contributed by atoms with Crippen molar-refractivity contribution >= 4 is 21.6 Å². The number of carbonyl (C=O) groups is 1. The van der Waals surface area contributed by atoms with Gasteiger partial charge in [0.1, 0.15) is 6.54 Å². The fourth-order valence-electron chi connectivity index (χ4n) is 2.92. The number of nitrogens with one attached hydrogen (secondary N) is 1. The lowest BCUT2D eigenvalue weighted by atomic mass is 10.2. The van der Waals surface area contributed by atoms with E-state index in [9.17, 15) is 13.2 Å². The van der Waals surface area contributed by atoms with E-state index < -0.39 is 10.0 Å². The molecule has 0 atom stereocenters. The van der Waals surface area contributed by atoms with E-state index in [4.69, 9.17) is 4.74 Å². The van der Waals surface area contributed by atoms with Crippen LogP contribution in [0.1, 0.15) is 11.1 Å². The highest BCUT2D eigenvalue weighted by molar-refractivity contribution is 7.89. The average Bonchev–Trinajstić information content (AvgIpc) is 2.71. The average molecular weight is 406 g/mol. The Morgan fingerprint density at radius 3 is 2.79 bits per heavy atom. The molecule has 1 aromatic heterocycles. The molecule has 9 heteroatoms. The number of anilines is 1. The summed E-state index contributed by atoms with van der Waals surface area (Å²) in [6.45, 7) is 4.16. The molecule has 0 radical (unpaired) electrons. The van der Waals surface area contributed by atoms with Crippen LogP contribution >= 0.6 is 0 Å². The van der Waals surface area contributed by atoms with Crippen molar-refractivity contribution in [1.29, 1.82) is 0 Å². The standard InChI is InChI=1S/C19H24N4O4S/c1-15-4-5-17(28(25,26)23-7-9-27-10-8-23)11-18(15)22-19(24)14-21-13-16-3-2-6-20-12-16/h2-6,11-12,21H,7-10,13-14H2,1H3,(H,22,24)/p+1. The van der Waals surface area contributed by atoms with Crippen LogP contribution in [0, 0.1) is 6.92 Å². The van der Waals surface area contributed by atoms with Gasteiger partial charge in [-0.1, -0.05) is 12.1 Å². The lowest BCUT2D eigenvalue weighted by Gasteiger charge is -2.26. The number of benzene rings is 1. The Morgan fingerprint density at radius 1 is 1.29 bits per heavy atom. The second-order valence-corrected chi connectivity index (χ2v) is 8.54. The lowest BCUT2D eigenvalue weighted by Crippen LogP contribution is -2.84. The topological polar surface area (TPSA) is 105 Å². The van der Waals surface area contributed by atoms with Crippen molar-refractivity contribution < 1.29 is 23.3 Å². The Bertz CT molecular complexity index is 913. The monoisotopic (exact) mass is 405 g/mol. The zero-order valence-electron chi connectivity index (χ0n) is 15.8. The number of morpholine rings is 1. The van der Waals surface area contributed by atoms with Gasteiger partial charge in [-0.3, -0.25) is 9.78 Å². The summed E-state index contributed by atoms with van der Waals surface area (Å²) >= 11 is 0. The molecule has 3 N–H and O–H groups in total. The van der Waals surface area contributed by atoms with Gasteiger partial charge in [0.25, 0.3) is 5.91 Å². The number of nitrogens with two attached hydrogens (primary N) is 1. The number of rotatable bonds is 7. The lowest BCUT2D eigenvalue weighted by molar-refractivity contribution is -0.659. The van der Waals surface area contributed by atoms with Gasteiger partial charge < -0.3 is 15.4 Å². The van der Waals surface area contributed by atoms with Gasteiger partial charge in [-0.15, -0.1) is 0 Å². The highest BCUT2D eigenvalue weighted by Crippen LogP contribution is 2.23. The molecule has 1 saturated heterocycles. The first-order chi connectivity index (χ1) is 13.5. The van der Waals surface area contributed by atoms with Crippen LogP contribution in [-0.4, -0.2) is 56.5 Å². The highest BCUT2D eigenvalue weighted by atomic mass is 32.2. The van der Waals surface area contributed by atoms with E-state index in [1.54, 1.807) is 24.5 Å². The minimum atomic E-state index is -3.60. The maximum Gasteiger partial charge on any atom is 0.279 e. The summed E-state index contributed by atoms with van der Waals surface area (Å²) in [5.41, 5.74) is 2.35. The van der Waals surface area contributed by atoms with Crippen molar-refractivity contribution in [3.63, 3.8) is 0 Å². The number of ether oxygens (including phenoxy) is 1. The number of amides is 1. The Hall–Kier alpha value is -2.33. The summed E-state index contributed by atoms with van der Waals surface area (Å²) in [6, 6.07) is 8.62. The minimum absolute atomic E-state index is 0.176. The normalized spacial score (nSPS) is 15.3. The van der Waals surface area contributed by atoms with Gasteiger partial charge in [0.15, 0.2) is 6.54 Å². The molecule has 0 unspecified atom stereocenters. The van der Waals surface area contributed by atoms with Gasteiger partial charge in [-0.05, 0) is 30.7 Å². The summed E-state index contributed by atoms with van der Waals surface area (Å²) in [5, 5.41) is 4.69.